The van der Waals surface area contributed by atoms with Crippen LogP contribution in [0.5, 0.6) is 11.5 Å². The van der Waals surface area contributed by atoms with Crippen molar-refractivity contribution in [3.05, 3.63) is 46.2 Å². The number of ether oxygens (including phenoxy) is 3. The molecule has 0 unspecified atom stereocenters. The third kappa shape index (κ3) is 4.89. The first-order valence-corrected chi connectivity index (χ1v) is 10.5. The number of fused-ring (bicyclic) bond motifs is 1. The summed E-state index contributed by atoms with van der Waals surface area (Å²) in [5.74, 6) is 1.20. The molecule has 2 aromatic rings. The van der Waals surface area contributed by atoms with Crippen LogP contribution in [0, 0.1) is 0 Å². The maximum atomic E-state index is 13.2. The molecule has 0 saturated heterocycles. The minimum absolute atomic E-state index is 0.00311. The van der Waals surface area contributed by atoms with Crippen molar-refractivity contribution in [1.29, 1.82) is 0 Å². The summed E-state index contributed by atoms with van der Waals surface area (Å²) in [4.78, 5) is 30.1. The Balaban J connectivity index is 1.50. The zero-order chi connectivity index (χ0) is 20.2. The van der Waals surface area contributed by atoms with Crippen molar-refractivity contribution in [1.82, 2.24) is 9.80 Å². The molecule has 7 nitrogen and oxygen atoms in total. The van der Waals surface area contributed by atoms with E-state index in [0.717, 1.165) is 29.0 Å². The Hall–Kier alpha value is -2.58. The predicted molar refractivity (Wildman–Crippen MR) is 108 cm³/mol. The van der Waals surface area contributed by atoms with Crippen molar-refractivity contribution >= 4 is 23.2 Å². The van der Waals surface area contributed by atoms with Gasteiger partial charge in [0.05, 0.1) is 6.54 Å². The fourth-order valence-corrected chi connectivity index (χ4v) is 4.06. The highest BCUT2D eigenvalue weighted by Crippen LogP contribution is 2.33. The van der Waals surface area contributed by atoms with E-state index in [1.807, 2.05) is 35.7 Å². The van der Waals surface area contributed by atoms with E-state index in [-0.39, 0.29) is 37.8 Å². The highest BCUT2D eigenvalue weighted by Gasteiger charge is 2.34. The lowest BCUT2D eigenvalue weighted by atomic mass is 10.2. The number of nitrogens with zero attached hydrogens (tertiary/aromatic N) is 2. The Bertz CT molecular complexity index is 866. The fourth-order valence-electron chi connectivity index (χ4n) is 3.34. The third-order valence-corrected chi connectivity index (χ3v) is 5.83. The molecule has 0 radical (unpaired) electrons. The average molecular weight is 416 g/mol. The molecule has 1 aromatic heterocycles. The number of amides is 2. The maximum Gasteiger partial charge on any atom is 0.249 e. The van der Waals surface area contributed by atoms with Crippen LogP contribution < -0.4 is 9.47 Å². The van der Waals surface area contributed by atoms with Gasteiger partial charge in [-0.3, -0.25) is 9.59 Å². The number of carbonyl (C=O) groups is 2. The number of rotatable bonds is 9. The normalized spacial score (nSPS) is 14.7. The number of benzene rings is 1. The van der Waals surface area contributed by atoms with E-state index in [0.29, 0.717) is 18.8 Å². The van der Waals surface area contributed by atoms with Gasteiger partial charge in [-0.05, 0) is 42.0 Å². The van der Waals surface area contributed by atoms with Crippen LogP contribution in [0.2, 0.25) is 0 Å². The van der Waals surface area contributed by atoms with E-state index in [4.69, 9.17) is 14.2 Å². The first kappa shape index (κ1) is 19.7. The maximum absolute atomic E-state index is 13.2. The molecule has 2 heterocycles. The molecular weight excluding hydrogens is 392 g/mol. The molecule has 8 heteroatoms. The Morgan fingerprint density at radius 3 is 2.69 bits per heavy atom. The second kappa shape index (κ2) is 8.84. The van der Waals surface area contributed by atoms with Crippen LogP contribution in [-0.4, -0.2) is 54.7 Å². The zero-order valence-electron chi connectivity index (χ0n) is 16.3. The molecule has 2 aliphatic rings. The van der Waals surface area contributed by atoms with Crippen LogP contribution in [-0.2, 0) is 27.4 Å². The molecule has 1 aliphatic carbocycles. The van der Waals surface area contributed by atoms with E-state index in [9.17, 15) is 9.59 Å². The number of hydrogen-bond acceptors (Lipinski definition) is 6. The van der Waals surface area contributed by atoms with Gasteiger partial charge in [-0.15, -0.1) is 11.3 Å². The highest BCUT2D eigenvalue weighted by atomic mass is 32.1. The van der Waals surface area contributed by atoms with Crippen LogP contribution >= 0.6 is 11.3 Å². The first-order valence-electron chi connectivity index (χ1n) is 9.61. The smallest absolute Gasteiger partial charge is 0.249 e. The minimum atomic E-state index is -0.137. The number of thiophene rings is 1. The van der Waals surface area contributed by atoms with Gasteiger partial charge in [0.15, 0.2) is 11.5 Å². The Morgan fingerprint density at radius 1 is 1.14 bits per heavy atom. The molecule has 4 rings (SSSR count). The minimum Gasteiger partial charge on any atom is -0.454 e. The quantitative estimate of drug-likeness (QED) is 0.629. The van der Waals surface area contributed by atoms with Crippen LogP contribution in [0.3, 0.4) is 0 Å². The molecular formula is C21H24N2O5S. The van der Waals surface area contributed by atoms with Crippen molar-refractivity contribution < 1.29 is 23.8 Å². The molecule has 154 valence electrons. The first-order chi connectivity index (χ1) is 14.1. The average Bonchev–Trinajstić information content (AvgIpc) is 3.21. The van der Waals surface area contributed by atoms with Gasteiger partial charge in [0.25, 0.3) is 0 Å². The SMILES string of the molecule is COCC(=O)N(CC(=O)N(Cc1ccc2c(c1)OCO2)Cc1cccs1)C1CC1. The molecule has 0 spiro atoms. The predicted octanol–water partition coefficient (Wildman–Crippen LogP) is 2.64. The van der Waals surface area contributed by atoms with E-state index in [1.165, 1.54) is 7.11 Å². The summed E-state index contributed by atoms with van der Waals surface area (Å²) >= 11 is 1.61. The van der Waals surface area contributed by atoms with Crippen molar-refractivity contribution in [3.63, 3.8) is 0 Å². The Morgan fingerprint density at radius 2 is 1.97 bits per heavy atom. The van der Waals surface area contributed by atoms with E-state index in [2.05, 4.69) is 0 Å². The summed E-state index contributed by atoms with van der Waals surface area (Å²) in [5, 5.41) is 2.00. The van der Waals surface area contributed by atoms with Crippen molar-refractivity contribution in [2.75, 3.05) is 27.1 Å². The van der Waals surface area contributed by atoms with Gasteiger partial charge in [-0.1, -0.05) is 12.1 Å². The summed E-state index contributed by atoms with van der Waals surface area (Å²) in [6.45, 7) is 1.22. The second-order valence-electron chi connectivity index (χ2n) is 7.20. The lowest BCUT2D eigenvalue weighted by Crippen LogP contribution is -2.44. The third-order valence-electron chi connectivity index (χ3n) is 4.97. The van der Waals surface area contributed by atoms with Crippen molar-refractivity contribution in [2.24, 2.45) is 0 Å². The standard InChI is InChI=1S/C21H24N2O5S/c1-26-13-21(25)23(16-5-6-16)12-20(24)22(11-17-3-2-8-29-17)10-15-4-7-18-19(9-15)28-14-27-18/h2-4,7-9,16H,5-6,10-14H2,1H3. The molecule has 29 heavy (non-hydrogen) atoms. The molecule has 2 amide bonds. The summed E-state index contributed by atoms with van der Waals surface area (Å²) in [7, 11) is 1.49. The Kier molecular flexibility index (Phi) is 6.01. The second-order valence-corrected chi connectivity index (χ2v) is 8.23. The van der Waals surface area contributed by atoms with Gasteiger partial charge in [-0.2, -0.15) is 0 Å². The molecule has 1 aliphatic heterocycles. The lowest BCUT2D eigenvalue weighted by molar-refractivity contribution is -0.143. The van der Waals surface area contributed by atoms with Gasteiger partial charge in [0.2, 0.25) is 18.6 Å². The molecule has 1 saturated carbocycles. The fraction of sp³-hybridized carbons (Fsp3) is 0.429. The Labute approximate surface area is 173 Å². The van der Waals surface area contributed by atoms with Crippen LogP contribution in [0.4, 0.5) is 0 Å². The zero-order valence-corrected chi connectivity index (χ0v) is 17.2. The largest absolute Gasteiger partial charge is 0.454 e. The molecule has 0 atom stereocenters. The summed E-state index contributed by atoms with van der Waals surface area (Å²) in [6.07, 6.45) is 1.88. The molecule has 1 fully saturated rings. The monoisotopic (exact) mass is 416 g/mol. The molecule has 1 aromatic carbocycles. The van der Waals surface area contributed by atoms with E-state index >= 15 is 0 Å². The van der Waals surface area contributed by atoms with Crippen LogP contribution in [0.1, 0.15) is 23.3 Å². The van der Waals surface area contributed by atoms with Crippen LogP contribution in [0.15, 0.2) is 35.7 Å². The number of hydrogen-bond donors (Lipinski definition) is 0. The molecule has 0 N–H and O–H groups in total. The van der Waals surface area contributed by atoms with Gasteiger partial charge >= 0.3 is 0 Å². The van der Waals surface area contributed by atoms with E-state index < -0.39 is 0 Å². The van der Waals surface area contributed by atoms with Crippen molar-refractivity contribution in [2.45, 2.75) is 32.0 Å². The van der Waals surface area contributed by atoms with Crippen LogP contribution in [0.25, 0.3) is 0 Å². The summed E-state index contributed by atoms with van der Waals surface area (Å²) in [5.41, 5.74) is 0.959. The summed E-state index contributed by atoms with van der Waals surface area (Å²) in [6, 6.07) is 9.85. The van der Waals surface area contributed by atoms with Gasteiger partial charge in [0, 0.05) is 24.6 Å². The molecule has 0 bridgehead atoms. The topological polar surface area (TPSA) is 68.3 Å². The van der Waals surface area contributed by atoms with E-state index in [1.54, 1.807) is 21.1 Å². The number of carbonyl (C=O) groups excluding carboxylic acids is 2. The van der Waals surface area contributed by atoms with Gasteiger partial charge in [0.1, 0.15) is 13.2 Å². The van der Waals surface area contributed by atoms with Gasteiger partial charge < -0.3 is 24.0 Å². The number of methoxy groups -OCH3 is 1. The van der Waals surface area contributed by atoms with Crippen molar-refractivity contribution in [3.8, 4) is 11.5 Å². The highest BCUT2D eigenvalue weighted by molar-refractivity contribution is 7.09. The van der Waals surface area contributed by atoms with Gasteiger partial charge in [-0.25, -0.2) is 0 Å². The lowest BCUT2D eigenvalue weighted by Gasteiger charge is -2.27. The summed E-state index contributed by atoms with van der Waals surface area (Å²) < 4.78 is 15.8.